The fourth-order valence-corrected chi connectivity index (χ4v) is 11.3. The van der Waals surface area contributed by atoms with Crippen molar-refractivity contribution in [1.29, 1.82) is 0 Å². The van der Waals surface area contributed by atoms with Crippen LogP contribution in [0.25, 0.3) is 136 Å². The lowest BCUT2D eigenvalue weighted by atomic mass is 9.98. The average molecular weight is 834 g/mol. The van der Waals surface area contributed by atoms with E-state index in [4.69, 9.17) is 8.83 Å². The molecule has 0 fully saturated rings. The molecule has 298 valence electrons. The topological polar surface area (TPSA) is 31.2 Å². The highest BCUT2D eigenvalue weighted by molar-refractivity contribution is 7.26. The summed E-state index contributed by atoms with van der Waals surface area (Å²) in [6, 6.07) is 76.7. The fourth-order valence-electron chi connectivity index (χ4n) is 10.1. The third-order valence-corrected chi connectivity index (χ3v) is 14.4. The first kappa shape index (κ1) is 35.4. The molecular formula is C60H35NO2S. The number of para-hydroxylation sites is 1. The van der Waals surface area contributed by atoms with Crippen LogP contribution in [0.1, 0.15) is 0 Å². The minimum Gasteiger partial charge on any atom is -0.456 e. The van der Waals surface area contributed by atoms with Crippen molar-refractivity contribution in [3.63, 3.8) is 0 Å². The molecule has 0 amide bonds. The molecule has 0 unspecified atom stereocenters. The number of thiophene rings is 1. The van der Waals surface area contributed by atoms with Crippen LogP contribution < -0.4 is 0 Å². The summed E-state index contributed by atoms with van der Waals surface area (Å²) in [7, 11) is 0. The first-order chi connectivity index (χ1) is 31.7. The van der Waals surface area contributed by atoms with Gasteiger partial charge in [0.1, 0.15) is 22.3 Å². The zero-order valence-electron chi connectivity index (χ0n) is 34.4. The second-order valence-corrected chi connectivity index (χ2v) is 17.9. The van der Waals surface area contributed by atoms with Crippen molar-refractivity contribution in [3.8, 4) is 50.2 Å². The number of aromatic nitrogens is 1. The quantitative estimate of drug-likeness (QED) is 0.173. The van der Waals surface area contributed by atoms with Crippen molar-refractivity contribution in [2.45, 2.75) is 0 Å². The Labute approximate surface area is 371 Å². The predicted octanol–water partition coefficient (Wildman–Crippen LogP) is 17.6. The summed E-state index contributed by atoms with van der Waals surface area (Å²) < 4.78 is 17.7. The molecule has 3 nitrogen and oxygen atoms in total. The molecule has 0 radical (unpaired) electrons. The van der Waals surface area contributed by atoms with Gasteiger partial charge in [0.05, 0.1) is 15.7 Å². The van der Waals surface area contributed by atoms with E-state index < -0.39 is 0 Å². The summed E-state index contributed by atoms with van der Waals surface area (Å²) in [6.07, 6.45) is 0. The highest BCUT2D eigenvalue weighted by Crippen LogP contribution is 2.46. The van der Waals surface area contributed by atoms with Gasteiger partial charge < -0.3 is 13.4 Å². The van der Waals surface area contributed by atoms with Crippen molar-refractivity contribution < 1.29 is 8.83 Å². The SMILES string of the molecule is c1ccc(-c2ccc3oc4ccc(-c5ccc6sc7c(ccc8c9cc(-c%10ccc%11oc%12ccc(-c%13ccccc%13)cc%12c%11c%10)ccc9n(-c9ccccc9)c87)c6c5)cc4c3c2)cc1. The number of rotatable bonds is 5. The summed E-state index contributed by atoms with van der Waals surface area (Å²) in [5.74, 6) is 0. The van der Waals surface area contributed by atoms with Crippen molar-refractivity contribution >= 4 is 97.2 Å². The van der Waals surface area contributed by atoms with Gasteiger partial charge in [0.15, 0.2) is 0 Å². The van der Waals surface area contributed by atoms with Crippen LogP contribution in [0.4, 0.5) is 0 Å². The second kappa shape index (κ2) is 13.7. The Balaban J connectivity index is 0.916. The molecular weight excluding hydrogens is 799 g/mol. The van der Waals surface area contributed by atoms with Crippen LogP contribution in [-0.4, -0.2) is 4.57 Å². The summed E-state index contributed by atoms with van der Waals surface area (Å²) in [4.78, 5) is 0. The van der Waals surface area contributed by atoms with E-state index in [1.54, 1.807) is 0 Å². The van der Waals surface area contributed by atoms with Crippen LogP contribution in [0.15, 0.2) is 221 Å². The van der Waals surface area contributed by atoms with E-state index in [0.717, 1.165) is 55.1 Å². The van der Waals surface area contributed by atoms with Crippen molar-refractivity contribution in [3.05, 3.63) is 212 Å². The summed E-state index contributed by atoms with van der Waals surface area (Å²) in [5, 5.41) is 9.53. The summed E-state index contributed by atoms with van der Waals surface area (Å²) >= 11 is 1.88. The molecule has 0 aliphatic heterocycles. The molecule has 0 saturated carbocycles. The van der Waals surface area contributed by atoms with Gasteiger partial charge in [0.25, 0.3) is 0 Å². The second-order valence-electron chi connectivity index (χ2n) is 16.8. The lowest BCUT2D eigenvalue weighted by Crippen LogP contribution is -1.93. The Kier molecular flexibility index (Phi) is 7.56. The summed E-state index contributed by atoms with van der Waals surface area (Å²) in [5.41, 5.74) is 16.6. The van der Waals surface area contributed by atoms with Crippen molar-refractivity contribution in [2.24, 2.45) is 0 Å². The van der Waals surface area contributed by atoms with E-state index in [9.17, 15) is 0 Å². The van der Waals surface area contributed by atoms with Gasteiger partial charge in [-0.3, -0.25) is 0 Å². The van der Waals surface area contributed by atoms with Crippen LogP contribution >= 0.6 is 11.3 Å². The molecule has 0 aliphatic rings. The van der Waals surface area contributed by atoms with E-state index in [-0.39, 0.29) is 0 Å². The molecule has 0 aliphatic carbocycles. The van der Waals surface area contributed by atoms with E-state index >= 15 is 0 Å². The van der Waals surface area contributed by atoms with E-state index in [0.29, 0.717) is 0 Å². The van der Waals surface area contributed by atoms with Crippen LogP contribution in [0, 0.1) is 0 Å². The van der Waals surface area contributed by atoms with Gasteiger partial charge >= 0.3 is 0 Å². The minimum atomic E-state index is 0.897. The van der Waals surface area contributed by atoms with Gasteiger partial charge in [0.2, 0.25) is 0 Å². The number of benzene rings is 10. The van der Waals surface area contributed by atoms with Gasteiger partial charge in [-0.15, -0.1) is 11.3 Å². The summed E-state index contributed by atoms with van der Waals surface area (Å²) in [6.45, 7) is 0. The Hall–Kier alpha value is -8.18. The number of hydrogen-bond acceptors (Lipinski definition) is 3. The Morgan fingerprint density at radius 2 is 0.703 bits per heavy atom. The largest absolute Gasteiger partial charge is 0.456 e. The molecule has 4 heteroatoms. The zero-order chi connectivity index (χ0) is 41.9. The maximum atomic E-state index is 6.35. The van der Waals surface area contributed by atoms with Crippen LogP contribution in [0.2, 0.25) is 0 Å². The van der Waals surface area contributed by atoms with Gasteiger partial charge in [0, 0.05) is 53.5 Å². The standard InChI is InChI=1S/C60H35NO2S/c1-4-10-36(11-5-1)38-17-25-54-48(31-38)50-33-41(19-27-56(50)62-54)40-16-24-53-47(30-40)45-22-23-46-52-35-43(21-29-58(52)64-60(46)59(45)61(53)44-14-8-3-9-15-44)42-20-28-57-51(34-42)49-32-39(18-26-55(49)63-57)37-12-6-2-7-13-37/h1-35H. The maximum absolute atomic E-state index is 6.35. The highest BCUT2D eigenvalue weighted by Gasteiger charge is 2.20. The predicted molar refractivity (Wildman–Crippen MR) is 270 cm³/mol. The van der Waals surface area contributed by atoms with Gasteiger partial charge in [-0.1, -0.05) is 127 Å². The van der Waals surface area contributed by atoms with Crippen LogP contribution in [-0.2, 0) is 0 Å². The molecule has 64 heavy (non-hydrogen) atoms. The van der Waals surface area contributed by atoms with E-state index in [1.807, 2.05) is 11.3 Å². The normalized spacial score (nSPS) is 12.1. The Morgan fingerprint density at radius 1 is 0.297 bits per heavy atom. The number of hydrogen-bond donors (Lipinski definition) is 0. The van der Waals surface area contributed by atoms with E-state index in [1.165, 1.54) is 80.9 Å². The minimum absolute atomic E-state index is 0.897. The molecule has 14 rings (SSSR count). The van der Waals surface area contributed by atoms with Gasteiger partial charge in [-0.2, -0.15) is 0 Å². The molecule has 4 heterocycles. The van der Waals surface area contributed by atoms with Crippen molar-refractivity contribution in [1.82, 2.24) is 4.57 Å². The molecule has 10 aromatic carbocycles. The first-order valence-corrected chi connectivity index (χ1v) is 22.5. The number of nitrogens with zero attached hydrogens (tertiary/aromatic N) is 1. The third kappa shape index (κ3) is 5.40. The lowest BCUT2D eigenvalue weighted by Gasteiger charge is -2.09. The molecule has 0 spiro atoms. The maximum Gasteiger partial charge on any atom is 0.135 e. The molecule has 0 bridgehead atoms. The average Bonchev–Trinajstić information content (AvgIpc) is 4.12. The van der Waals surface area contributed by atoms with E-state index in [2.05, 4.69) is 217 Å². The first-order valence-electron chi connectivity index (χ1n) is 21.7. The van der Waals surface area contributed by atoms with Gasteiger partial charge in [-0.25, -0.2) is 0 Å². The fraction of sp³-hybridized carbons (Fsp3) is 0. The number of fused-ring (bicyclic) bond motifs is 13. The highest BCUT2D eigenvalue weighted by atomic mass is 32.1. The molecule has 0 N–H and O–H groups in total. The molecule has 0 atom stereocenters. The van der Waals surface area contributed by atoms with Crippen molar-refractivity contribution in [2.75, 3.05) is 0 Å². The molecule has 4 aromatic heterocycles. The number of furan rings is 2. The van der Waals surface area contributed by atoms with Crippen LogP contribution in [0.3, 0.4) is 0 Å². The monoisotopic (exact) mass is 833 g/mol. The molecule has 14 aromatic rings. The van der Waals surface area contributed by atoms with Gasteiger partial charge in [-0.05, 0) is 129 Å². The lowest BCUT2D eigenvalue weighted by molar-refractivity contribution is 0.668. The Bertz CT molecular complexity index is 4170. The third-order valence-electron chi connectivity index (χ3n) is 13.2. The molecule has 0 saturated heterocycles. The van der Waals surface area contributed by atoms with Crippen LogP contribution in [0.5, 0.6) is 0 Å². The smallest absolute Gasteiger partial charge is 0.135 e. The Morgan fingerprint density at radius 3 is 1.22 bits per heavy atom. The zero-order valence-corrected chi connectivity index (χ0v) is 35.2.